The van der Waals surface area contributed by atoms with Crippen LogP contribution in [0.3, 0.4) is 0 Å². The molecule has 0 unspecified atom stereocenters. The number of hydrazine groups is 1. The van der Waals surface area contributed by atoms with E-state index in [-0.39, 0.29) is 11.9 Å². The average Bonchev–Trinajstić information content (AvgIpc) is 2.09. The SMILES string of the molecule is C[C@@H](Cc1ccc(F)cc1)NN. The van der Waals surface area contributed by atoms with E-state index in [4.69, 9.17) is 5.84 Å². The molecule has 0 heterocycles. The summed E-state index contributed by atoms with van der Waals surface area (Å²) in [6.45, 7) is 1.98. The van der Waals surface area contributed by atoms with Gasteiger partial charge in [0.15, 0.2) is 0 Å². The fourth-order valence-corrected chi connectivity index (χ4v) is 1.03. The maximum absolute atomic E-state index is 12.5. The van der Waals surface area contributed by atoms with Crippen molar-refractivity contribution >= 4 is 0 Å². The van der Waals surface area contributed by atoms with Crippen molar-refractivity contribution in [3.05, 3.63) is 35.6 Å². The highest BCUT2D eigenvalue weighted by atomic mass is 19.1. The monoisotopic (exact) mass is 168 g/mol. The lowest BCUT2D eigenvalue weighted by molar-refractivity contribution is 0.566. The number of benzene rings is 1. The molecule has 1 atom stereocenters. The van der Waals surface area contributed by atoms with Gasteiger partial charge in [-0.05, 0) is 31.0 Å². The minimum atomic E-state index is -0.202. The van der Waals surface area contributed by atoms with E-state index in [0.29, 0.717) is 0 Å². The Hall–Kier alpha value is -0.930. The molecular weight excluding hydrogens is 155 g/mol. The Morgan fingerprint density at radius 3 is 2.50 bits per heavy atom. The minimum absolute atomic E-state index is 0.202. The fourth-order valence-electron chi connectivity index (χ4n) is 1.03. The average molecular weight is 168 g/mol. The number of rotatable bonds is 3. The topological polar surface area (TPSA) is 38.0 Å². The lowest BCUT2D eigenvalue weighted by Crippen LogP contribution is -2.34. The highest BCUT2D eigenvalue weighted by molar-refractivity contribution is 5.16. The van der Waals surface area contributed by atoms with Crippen LogP contribution in [0, 0.1) is 5.82 Å². The third kappa shape index (κ3) is 2.60. The zero-order chi connectivity index (χ0) is 8.97. The predicted octanol–water partition coefficient (Wildman–Crippen LogP) is 1.22. The number of nitrogens with one attached hydrogen (secondary N) is 1. The van der Waals surface area contributed by atoms with Gasteiger partial charge in [-0.25, -0.2) is 4.39 Å². The molecular formula is C9H13FN2. The smallest absolute Gasteiger partial charge is 0.123 e. The molecule has 2 nitrogen and oxygen atoms in total. The Morgan fingerprint density at radius 1 is 1.42 bits per heavy atom. The van der Waals surface area contributed by atoms with Gasteiger partial charge in [-0.3, -0.25) is 11.3 Å². The third-order valence-corrected chi connectivity index (χ3v) is 1.74. The van der Waals surface area contributed by atoms with E-state index in [2.05, 4.69) is 5.43 Å². The summed E-state index contributed by atoms with van der Waals surface area (Å²) >= 11 is 0. The van der Waals surface area contributed by atoms with Crippen LogP contribution in [0.2, 0.25) is 0 Å². The maximum Gasteiger partial charge on any atom is 0.123 e. The zero-order valence-corrected chi connectivity index (χ0v) is 7.05. The molecule has 3 heteroatoms. The normalized spacial score (nSPS) is 12.9. The van der Waals surface area contributed by atoms with E-state index in [9.17, 15) is 4.39 Å². The molecule has 0 bridgehead atoms. The number of hydrogen-bond acceptors (Lipinski definition) is 2. The van der Waals surface area contributed by atoms with Gasteiger partial charge in [-0.1, -0.05) is 12.1 Å². The molecule has 0 saturated heterocycles. The van der Waals surface area contributed by atoms with Gasteiger partial charge in [0.05, 0.1) is 0 Å². The van der Waals surface area contributed by atoms with Gasteiger partial charge >= 0.3 is 0 Å². The van der Waals surface area contributed by atoms with Crippen LogP contribution in [0.4, 0.5) is 4.39 Å². The summed E-state index contributed by atoms with van der Waals surface area (Å²) in [5.41, 5.74) is 3.72. The van der Waals surface area contributed by atoms with Crippen LogP contribution >= 0.6 is 0 Å². The van der Waals surface area contributed by atoms with Crippen molar-refractivity contribution in [1.82, 2.24) is 5.43 Å². The van der Waals surface area contributed by atoms with Crippen LogP contribution in [0.1, 0.15) is 12.5 Å². The predicted molar refractivity (Wildman–Crippen MR) is 46.9 cm³/mol. The molecule has 12 heavy (non-hydrogen) atoms. The Balaban J connectivity index is 2.58. The lowest BCUT2D eigenvalue weighted by Gasteiger charge is -2.08. The summed E-state index contributed by atoms with van der Waals surface area (Å²) < 4.78 is 12.5. The molecule has 1 aromatic carbocycles. The first-order valence-electron chi connectivity index (χ1n) is 3.93. The van der Waals surface area contributed by atoms with Crippen molar-refractivity contribution in [2.24, 2.45) is 5.84 Å². The van der Waals surface area contributed by atoms with Crippen molar-refractivity contribution in [2.45, 2.75) is 19.4 Å². The second kappa shape index (κ2) is 4.18. The van der Waals surface area contributed by atoms with Gasteiger partial charge in [-0.2, -0.15) is 0 Å². The first-order valence-corrected chi connectivity index (χ1v) is 3.93. The Kier molecular flexibility index (Phi) is 3.19. The van der Waals surface area contributed by atoms with Crippen LogP contribution < -0.4 is 11.3 Å². The second-order valence-corrected chi connectivity index (χ2v) is 2.90. The van der Waals surface area contributed by atoms with Crippen molar-refractivity contribution in [1.29, 1.82) is 0 Å². The Morgan fingerprint density at radius 2 is 2.00 bits per heavy atom. The number of nitrogens with two attached hydrogens (primary N) is 1. The Labute approximate surface area is 71.6 Å². The standard InChI is InChI=1S/C9H13FN2/c1-7(12-11)6-8-2-4-9(10)5-3-8/h2-5,7,12H,6,11H2,1H3/t7-/m0/s1. The van der Waals surface area contributed by atoms with Crippen LogP contribution in [-0.2, 0) is 6.42 Å². The summed E-state index contributed by atoms with van der Waals surface area (Å²) in [4.78, 5) is 0. The summed E-state index contributed by atoms with van der Waals surface area (Å²) in [5, 5.41) is 0. The first-order chi connectivity index (χ1) is 5.72. The molecule has 0 amide bonds. The van der Waals surface area contributed by atoms with E-state index in [1.165, 1.54) is 12.1 Å². The summed E-state index contributed by atoms with van der Waals surface area (Å²) in [6.07, 6.45) is 0.816. The summed E-state index contributed by atoms with van der Waals surface area (Å²) in [5.74, 6) is 5.02. The highest BCUT2D eigenvalue weighted by Crippen LogP contribution is 2.04. The third-order valence-electron chi connectivity index (χ3n) is 1.74. The molecule has 0 saturated carbocycles. The molecule has 1 aromatic rings. The van der Waals surface area contributed by atoms with Crippen molar-refractivity contribution < 1.29 is 4.39 Å². The fraction of sp³-hybridized carbons (Fsp3) is 0.333. The maximum atomic E-state index is 12.5. The van der Waals surface area contributed by atoms with E-state index in [1.54, 1.807) is 12.1 Å². The summed E-state index contributed by atoms with van der Waals surface area (Å²) in [6, 6.07) is 6.67. The minimum Gasteiger partial charge on any atom is -0.271 e. The molecule has 1 rings (SSSR count). The molecule has 0 radical (unpaired) electrons. The second-order valence-electron chi connectivity index (χ2n) is 2.90. The van der Waals surface area contributed by atoms with E-state index in [1.807, 2.05) is 6.92 Å². The number of halogens is 1. The molecule has 66 valence electrons. The zero-order valence-electron chi connectivity index (χ0n) is 7.05. The highest BCUT2D eigenvalue weighted by Gasteiger charge is 1.99. The molecule has 0 aliphatic heterocycles. The lowest BCUT2D eigenvalue weighted by atomic mass is 10.1. The van der Waals surface area contributed by atoms with Crippen LogP contribution in [0.5, 0.6) is 0 Å². The van der Waals surface area contributed by atoms with Gasteiger partial charge in [0.25, 0.3) is 0 Å². The van der Waals surface area contributed by atoms with Gasteiger partial charge in [0.2, 0.25) is 0 Å². The van der Waals surface area contributed by atoms with Gasteiger partial charge in [-0.15, -0.1) is 0 Å². The van der Waals surface area contributed by atoms with E-state index < -0.39 is 0 Å². The number of hydrogen-bond donors (Lipinski definition) is 2. The van der Waals surface area contributed by atoms with Crippen LogP contribution in [0.15, 0.2) is 24.3 Å². The van der Waals surface area contributed by atoms with Gasteiger partial charge in [0.1, 0.15) is 5.82 Å². The summed E-state index contributed by atoms with van der Waals surface area (Å²) in [7, 11) is 0. The molecule has 0 aliphatic carbocycles. The van der Waals surface area contributed by atoms with E-state index >= 15 is 0 Å². The van der Waals surface area contributed by atoms with Crippen molar-refractivity contribution in [3.8, 4) is 0 Å². The van der Waals surface area contributed by atoms with Crippen molar-refractivity contribution in [2.75, 3.05) is 0 Å². The first kappa shape index (κ1) is 9.16. The quantitative estimate of drug-likeness (QED) is 0.526. The molecule has 0 spiro atoms. The van der Waals surface area contributed by atoms with Crippen LogP contribution in [0.25, 0.3) is 0 Å². The molecule has 3 N–H and O–H groups in total. The van der Waals surface area contributed by atoms with E-state index in [0.717, 1.165) is 12.0 Å². The van der Waals surface area contributed by atoms with Gasteiger partial charge in [0, 0.05) is 6.04 Å². The Bertz CT molecular complexity index is 233. The van der Waals surface area contributed by atoms with Crippen molar-refractivity contribution in [3.63, 3.8) is 0 Å². The van der Waals surface area contributed by atoms with Gasteiger partial charge < -0.3 is 0 Å². The van der Waals surface area contributed by atoms with Crippen LogP contribution in [-0.4, -0.2) is 6.04 Å². The largest absolute Gasteiger partial charge is 0.271 e. The molecule has 0 aliphatic rings. The molecule has 0 fully saturated rings. The molecule has 0 aromatic heterocycles.